The molecule has 2 aromatic rings. The van der Waals surface area contributed by atoms with E-state index in [1.807, 2.05) is 4.90 Å². The van der Waals surface area contributed by atoms with Gasteiger partial charge in [0.25, 0.3) is 5.91 Å². The molecule has 0 spiro atoms. The number of furan rings is 1. The van der Waals surface area contributed by atoms with E-state index in [-0.39, 0.29) is 18.8 Å². The van der Waals surface area contributed by atoms with Crippen molar-refractivity contribution in [3.63, 3.8) is 0 Å². The van der Waals surface area contributed by atoms with Crippen LogP contribution in [0.4, 0.5) is 20.6 Å². The van der Waals surface area contributed by atoms with Crippen LogP contribution in [0.2, 0.25) is 0 Å². The molecular formula is C19H19BrFN3O5. The number of hydrogen-bond donors (Lipinski definition) is 1. The normalized spacial score (nSPS) is 19.4. The first-order valence-electron chi connectivity index (χ1n) is 9.14. The average molecular weight is 468 g/mol. The minimum atomic E-state index is -0.582. The molecular weight excluding hydrogens is 449 g/mol. The number of hydrogen-bond acceptors (Lipinski definition) is 6. The van der Waals surface area contributed by atoms with Crippen LogP contribution >= 0.6 is 15.9 Å². The van der Waals surface area contributed by atoms with Gasteiger partial charge in [0.1, 0.15) is 11.9 Å². The highest BCUT2D eigenvalue weighted by Gasteiger charge is 2.33. The van der Waals surface area contributed by atoms with Gasteiger partial charge in [0.15, 0.2) is 0 Å². The molecule has 1 aromatic carbocycles. The van der Waals surface area contributed by atoms with Gasteiger partial charge in [-0.3, -0.25) is 9.69 Å². The number of rotatable bonds is 5. The second-order valence-corrected chi connectivity index (χ2v) is 7.51. The number of benzene rings is 1. The summed E-state index contributed by atoms with van der Waals surface area (Å²) >= 11 is 3.22. The summed E-state index contributed by atoms with van der Waals surface area (Å²) in [5.41, 5.74) is 0.893. The van der Waals surface area contributed by atoms with E-state index in [0.29, 0.717) is 42.2 Å². The molecule has 0 unspecified atom stereocenters. The summed E-state index contributed by atoms with van der Waals surface area (Å²) in [4.78, 5) is 27.6. The van der Waals surface area contributed by atoms with Crippen molar-refractivity contribution in [3.05, 3.63) is 46.6 Å². The maximum atomic E-state index is 14.6. The summed E-state index contributed by atoms with van der Waals surface area (Å²) < 4.78 is 30.8. The standard InChI is InChI=1S/C19H19BrFN3O5/c20-14-3-6-28-17(14)18(25)22-10-13-11-24(19(26)29-13)12-1-2-16(15(21)9-12)23-4-7-27-8-5-23/h1-3,6,9,13H,4-5,7-8,10-11H2,(H,22,25)/t13-/m0/s1. The van der Waals surface area contributed by atoms with Crippen molar-refractivity contribution < 1.29 is 27.9 Å². The van der Waals surface area contributed by atoms with Gasteiger partial charge >= 0.3 is 6.09 Å². The molecule has 0 radical (unpaired) electrons. The number of morpholine rings is 1. The minimum absolute atomic E-state index is 0.114. The van der Waals surface area contributed by atoms with Crippen molar-refractivity contribution in [3.8, 4) is 0 Å². The molecule has 1 N–H and O–H groups in total. The highest BCUT2D eigenvalue weighted by Crippen LogP contribution is 2.28. The zero-order chi connectivity index (χ0) is 20.4. The van der Waals surface area contributed by atoms with Crippen molar-refractivity contribution in [2.45, 2.75) is 6.10 Å². The Labute approximate surface area is 174 Å². The molecule has 4 rings (SSSR count). The average Bonchev–Trinajstić information content (AvgIpc) is 3.32. The number of carbonyl (C=O) groups is 2. The monoisotopic (exact) mass is 467 g/mol. The largest absolute Gasteiger partial charge is 0.458 e. The lowest BCUT2D eigenvalue weighted by Gasteiger charge is -2.29. The molecule has 3 heterocycles. The van der Waals surface area contributed by atoms with Gasteiger partial charge in [0.2, 0.25) is 5.76 Å². The summed E-state index contributed by atoms with van der Waals surface area (Å²) in [5, 5.41) is 2.66. The van der Waals surface area contributed by atoms with E-state index in [0.717, 1.165) is 0 Å². The minimum Gasteiger partial charge on any atom is -0.458 e. The molecule has 2 aliphatic heterocycles. The van der Waals surface area contributed by atoms with Gasteiger partial charge in [-0.25, -0.2) is 9.18 Å². The number of amides is 2. The summed E-state index contributed by atoms with van der Waals surface area (Å²) in [6.07, 6.45) is 0.259. The fraction of sp³-hybridized carbons (Fsp3) is 0.368. The Morgan fingerprint density at radius 2 is 2.07 bits per heavy atom. The molecule has 2 aliphatic rings. The van der Waals surface area contributed by atoms with Crippen LogP contribution in [0.15, 0.2) is 39.4 Å². The predicted molar refractivity (Wildman–Crippen MR) is 106 cm³/mol. The van der Waals surface area contributed by atoms with Crippen molar-refractivity contribution >= 4 is 39.3 Å². The van der Waals surface area contributed by atoms with Crippen molar-refractivity contribution in [2.75, 3.05) is 49.2 Å². The van der Waals surface area contributed by atoms with Crippen molar-refractivity contribution in [1.82, 2.24) is 5.32 Å². The van der Waals surface area contributed by atoms with Gasteiger partial charge in [-0.15, -0.1) is 0 Å². The topological polar surface area (TPSA) is 84.2 Å². The third-order valence-corrected chi connectivity index (χ3v) is 5.41. The van der Waals surface area contributed by atoms with Gasteiger partial charge in [-0.05, 0) is 40.2 Å². The summed E-state index contributed by atoms with van der Waals surface area (Å²) in [6, 6.07) is 6.29. The third-order valence-electron chi connectivity index (χ3n) is 4.78. The SMILES string of the molecule is O=C(NC[C@H]1CN(c2ccc(N3CCOCC3)c(F)c2)C(=O)O1)c1occc1Br. The van der Waals surface area contributed by atoms with Crippen molar-refractivity contribution in [1.29, 1.82) is 0 Å². The van der Waals surface area contributed by atoms with Gasteiger partial charge in [-0.1, -0.05) is 0 Å². The molecule has 8 nitrogen and oxygen atoms in total. The fourth-order valence-corrected chi connectivity index (χ4v) is 3.69. The summed E-state index contributed by atoms with van der Waals surface area (Å²) in [5.74, 6) is -0.680. The molecule has 10 heteroatoms. The Bertz CT molecular complexity index is 915. The maximum absolute atomic E-state index is 14.6. The highest BCUT2D eigenvalue weighted by molar-refractivity contribution is 9.10. The quantitative estimate of drug-likeness (QED) is 0.727. The molecule has 1 aromatic heterocycles. The van der Waals surface area contributed by atoms with E-state index < -0.39 is 23.9 Å². The number of halogens is 2. The number of cyclic esters (lactones) is 1. The lowest BCUT2D eigenvalue weighted by atomic mass is 10.2. The molecule has 2 amide bonds. The van der Waals surface area contributed by atoms with Gasteiger partial charge in [0.05, 0.1) is 48.4 Å². The Morgan fingerprint density at radius 3 is 2.76 bits per heavy atom. The first-order valence-corrected chi connectivity index (χ1v) is 9.94. The van der Waals surface area contributed by atoms with E-state index in [2.05, 4.69) is 21.2 Å². The van der Waals surface area contributed by atoms with Crippen LogP contribution < -0.4 is 15.1 Å². The van der Waals surface area contributed by atoms with Crippen LogP contribution in [0, 0.1) is 5.82 Å². The molecule has 2 fully saturated rings. The molecule has 0 saturated carbocycles. The van der Waals surface area contributed by atoms with Crippen LogP contribution in [0.25, 0.3) is 0 Å². The zero-order valence-corrected chi connectivity index (χ0v) is 17.0. The smallest absolute Gasteiger partial charge is 0.414 e. The Hall–Kier alpha value is -2.59. The lowest BCUT2D eigenvalue weighted by Crippen LogP contribution is -2.37. The zero-order valence-electron chi connectivity index (χ0n) is 15.4. The van der Waals surface area contributed by atoms with E-state index >= 15 is 0 Å². The van der Waals surface area contributed by atoms with E-state index in [9.17, 15) is 14.0 Å². The fourth-order valence-electron chi connectivity index (χ4n) is 3.31. The molecule has 29 heavy (non-hydrogen) atoms. The highest BCUT2D eigenvalue weighted by atomic mass is 79.9. The summed E-state index contributed by atoms with van der Waals surface area (Å²) in [7, 11) is 0. The number of carbonyl (C=O) groups excluding carboxylic acids is 2. The van der Waals surface area contributed by atoms with E-state index in [1.165, 1.54) is 17.2 Å². The van der Waals surface area contributed by atoms with Crippen molar-refractivity contribution in [2.24, 2.45) is 0 Å². The second-order valence-electron chi connectivity index (χ2n) is 6.66. The maximum Gasteiger partial charge on any atom is 0.414 e. The predicted octanol–water partition coefficient (Wildman–Crippen LogP) is 2.77. The molecule has 1 atom stereocenters. The third kappa shape index (κ3) is 4.23. The van der Waals surface area contributed by atoms with Crippen LogP contribution in [0.1, 0.15) is 10.6 Å². The lowest BCUT2D eigenvalue weighted by molar-refractivity contribution is 0.0888. The van der Waals surface area contributed by atoms with Gasteiger partial charge in [-0.2, -0.15) is 0 Å². The molecule has 2 saturated heterocycles. The Balaban J connectivity index is 1.38. The Kier molecular flexibility index (Phi) is 5.72. The van der Waals surface area contributed by atoms with E-state index in [1.54, 1.807) is 18.2 Å². The molecule has 0 bridgehead atoms. The first kappa shape index (κ1) is 19.7. The summed E-state index contributed by atoms with van der Waals surface area (Å²) in [6.45, 7) is 2.67. The van der Waals surface area contributed by atoms with E-state index in [4.69, 9.17) is 13.9 Å². The van der Waals surface area contributed by atoms with Crippen LogP contribution in [-0.4, -0.2) is 57.5 Å². The Morgan fingerprint density at radius 1 is 1.28 bits per heavy atom. The van der Waals surface area contributed by atoms with Crippen LogP contribution in [0.3, 0.4) is 0 Å². The van der Waals surface area contributed by atoms with Gasteiger partial charge < -0.3 is 24.1 Å². The van der Waals surface area contributed by atoms with Crippen LogP contribution in [0.5, 0.6) is 0 Å². The molecule has 0 aliphatic carbocycles. The van der Waals surface area contributed by atoms with Crippen LogP contribution in [-0.2, 0) is 9.47 Å². The number of anilines is 2. The second kappa shape index (κ2) is 8.42. The number of nitrogens with zero attached hydrogens (tertiary/aromatic N) is 2. The first-order chi connectivity index (χ1) is 14.0. The van der Waals surface area contributed by atoms with Gasteiger partial charge in [0, 0.05) is 13.1 Å². The number of nitrogens with one attached hydrogen (secondary N) is 1. The number of ether oxygens (including phenoxy) is 2. The molecule has 154 valence electrons.